The van der Waals surface area contributed by atoms with Crippen LogP contribution in [0.1, 0.15) is 27.0 Å². The number of anilines is 1. The van der Waals surface area contributed by atoms with E-state index in [4.69, 9.17) is 9.97 Å². The number of benzene rings is 3. The number of fused-ring (bicyclic) bond motifs is 1. The number of piperazine rings is 1. The molecule has 2 aromatic heterocycles. The average Bonchev–Trinajstić information content (AvgIpc) is 3.43. The van der Waals surface area contributed by atoms with E-state index in [0.29, 0.717) is 53.6 Å². The molecule has 0 radical (unpaired) electrons. The lowest BCUT2D eigenvalue weighted by atomic mass is 10.1. The molecule has 8 nitrogen and oxygen atoms in total. The molecule has 43 heavy (non-hydrogen) atoms. The lowest BCUT2D eigenvalue weighted by Crippen LogP contribution is -2.47. The number of halogens is 3. The third-order valence-corrected chi connectivity index (χ3v) is 7.58. The van der Waals surface area contributed by atoms with Crippen LogP contribution in [0, 0.1) is 0 Å². The summed E-state index contributed by atoms with van der Waals surface area (Å²) in [6.07, 6.45) is -2.78. The highest BCUT2D eigenvalue weighted by molar-refractivity contribution is 5.95. The first kappa shape index (κ1) is 28.4. The Labute approximate surface area is 246 Å². The zero-order valence-electron chi connectivity index (χ0n) is 23.6. The summed E-state index contributed by atoms with van der Waals surface area (Å²) < 4.78 is 41.0. The lowest BCUT2D eigenvalue weighted by Gasteiger charge is -2.32. The molecule has 0 saturated carbocycles. The Hall–Kier alpha value is -4.77. The van der Waals surface area contributed by atoms with Gasteiger partial charge < -0.3 is 19.7 Å². The zero-order chi connectivity index (χ0) is 30.0. The number of nitrogens with one attached hydrogen (secondary N) is 1. The van der Waals surface area contributed by atoms with Crippen LogP contribution in [0.15, 0.2) is 85.2 Å². The van der Waals surface area contributed by atoms with Crippen molar-refractivity contribution in [1.29, 1.82) is 0 Å². The molecule has 1 fully saturated rings. The Bertz CT molecular complexity index is 1710. The minimum Gasteiger partial charge on any atom is -0.364 e. The molecule has 1 aliphatic heterocycles. The Morgan fingerprint density at radius 1 is 0.860 bits per heavy atom. The van der Waals surface area contributed by atoms with Crippen LogP contribution in [0.4, 0.5) is 19.0 Å². The van der Waals surface area contributed by atoms with Crippen LogP contribution in [-0.4, -0.2) is 68.5 Å². The molecule has 1 aliphatic rings. The average molecular weight is 586 g/mol. The number of rotatable bonds is 7. The number of amides is 1. The first-order valence-corrected chi connectivity index (χ1v) is 14.0. The van der Waals surface area contributed by atoms with E-state index in [1.54, 1.807) is 23.0 Å². The van der Waals surface area contributed by atoms with Crippen LogP contribution in [0.5, 0.6) is 0 Å². The minimum atomic E-state index is -4.40. The van der Waals surface area contributed by atoms with Crippen molar-refractivity contribution in [2.45, 2.75) is 19.3 Å². The summed E-state index contributed by atoms with van der Waals surface area (Å²) in [6.45, 7) is 3.86. The molecule has 5 aromatic rings. The van der Waals surface area contributed by atoms with E-state index in [1.807, 2.05) is 54.4 Å². The lowest BCUT2D eigenvalue weighted by molar-refractivity contribution is -0.137. The van der Waals surface area contributed by atoms with Crippen molar-refractivity contribution >= 4 is 22.9 Å². The fraction of sp³-hybridized carbons (Fsp3) is 0.250. The van der Waals surface area contributed by atoms with Gasteiger partial charge in [-0.3, -0.25) is 4.79 Å². The molecule has 0 bridgehead atoms. The van der Waals surface area contributed by atoms with E-state index >= 15 is 0 Å². The Kier molecular flexibility index (Phi) is 7.81. The van der Waals surface area contributed by atoms with Crippen LogP contribution in [-0.2, 0) is 19.3 Å². The summed E-state index contributed by atoms with van der Waals surface area (Å²) in [6, 6.07) is 22.2. The van der Waals surface area contributed by atoms with Gasteiger partial charge in [-0.1, -0.05) is 54.6 Å². The second-order valence-corrected chi connectivity index (χ2v) is 10.6. The van der Waals surface area contributed by atoms with Crippen molar-refractivity contribution in [3.05, 3.63) is 107 Å². The number of hydrogen-bond donors (Lipinski definition) is 1. The summed E-state index contributed by atoms with van der Waals surface area (Å²) in [5, 5.41) is 3.37. The molecule has 1 N–H and O–H groups in total. The summed E-state index contributed by atoms with van der Waals surface area (Å²) in [5.41, 5.74) is 3.46. The van der Waals surface area contributed by atoms with Gasteiger partial charge in [0.1, 0.15) is 5.52 Å². The first-order valence-electron chi connectivity index (χ1n) is 14.0. The van der Waals surface area contributed by atoms with E-state index in [9.17, 15) is 18.0 Å². The number of alkyl halides is 3. The van der Waals surface area contributed by atoms with E-state index in [1.165, 1.54) is 12.1 Å². The first-order chi connectivity index (χ1) is 20.7. The summed E-state index contributed by atoms with van der Waals surface area (Å²) >= 11 is 0. The fourth-order valence-corrected chi connectivity index (χ4v) is 5.04. The van der Waals surface area contributed by atoms with Gasteiger partial charge in [0.25, 0.3) is 5.91 Å². The molecule has 3 heterocycles. The molecular weight excluding hydrogens is 555 g/mol. The molecule has 220 valence electrons. The van der Waals surface area contributed by atoms with Gasteiger partial charge in [0.05, 0.1) is 18.4 Å². The number of likely N-dealkylation sites (N-methyl/N-ethyl adjacent to an activating group) is 1. The van der Waals surface area contributed by atoms with Crippen LogP contribution in [0.3, 0.4) is 0 Å². The maximum Gasteiger partial charge on any atom is 0.416 e. The molecule has 3 aromatic carbocycles. The van der Waals surface area contributed by atoms with E-state index in [2.05, 4.69) is 15.2 Å². The van der Waals surface area contributed by atoms with Crippen molar-refractivity contribution in [3.8, 4) is 11.4 Å². The van der Waals surface area contributed by atoms with E-state index in [-0.39, 0.29) is 12.5 Å². The molecule has 0 atom stereocenters. The normalized spacial score (nSPS) is 14.3. The number of nitrogens with zero attached hydrogens (tertiary/aromatic N) is 6. The quantitative estimate of drug-likeness (QED) is 0.270. The third-order valence-electron chi connectivity index (χ3n) is 7.58. The monoisotopic (exact) mass is 585 g/mol. The summed E-state index contributed by atoms with van der Waals surface area (Å²) in [4.78, 5) is 31.3. The highest BCUT2D eigenvalue weighted by Gasteiger charge is 2.30. The number of hydrogen-bond acceptors (Lipinski definition) is 6. The third kappa shape index (κ3) is 6.36. The number of aromatic nitrogens is 4. The maximum absolute atomic E-state index is 13.1. The van der Waals surface area contributed by atoms with Gasteiger partial charge >= 0.3 is 6.18 Å². The van der Waals surface area contributed by atoms with Gasteiger partial charge in [-0.2, -0.15) is 13.2 Å². The van der Waals surface area contributed by atoms with Crippen LogP contribution in [0.2, 0.25) is 0 Å². The van der Waals surface area contributed by atoms with Gasteiger partial charge in [-0.05, 0) is 42.4 Å². The predicted molar refractivity (Wildman–Crippen MR) is 158 cm³/mol. The highest BCUT2D eigenvalue weighted by Crippen LogP contribution is 2.30. The van der Waals surface area contributed by atoms with Crippen LogP contribution < -0.4 is 5.32 Å². The van der Waals surface area contributed by atoms with Crippen LogP contribution in [0.25, 0.3) is 22.6 Å². The Morgan fingerprint density at radius 3 is 2.23 bits per heavy atom. The largest absolute Gasteiger partial charge is 0.416 e. The van der Waals surface area contributed by atoms with E-state index in [0.717, 1.165) is 36.3 Å². The Morgan fingerprint density at radius 2 is 1.56 bits per heavy atom. The van der Waals surface area contributed by atoms with Crippen molar-refractivity contribution < 1.29 is 18.0 Å². The SMILES string of the molecule is CN1CCN(C(=O)c2ccc(-c3nc(NCc4ccccc4)c4ncn(Cc5ccc(C(F)(F)F)cc5)c4n3)cc2)CC1. The van der Waals surface area contributed by atoms with Crippen molar-refractivity contribution in [3.63, 3.8) is 0 Å². The summed E-state index contributed by atoms with van der Waals surface area (Å²) in [5.74, 6) is 0.972. The van der Waals surface area contributed by atoms with Gasteiger partial charge in [0.2, 0.25) is 0 Å². The Balaban J connectivity index is 1.31. The molecule has 1 saturated heterocycles. The van der Waals surface area contributed by atoms with Gasteiger partial charge in [-0.25, -0.2) is 15.0 Å². The zero-order valence-corrected chi connectivity index (χ0v) is 23.6. The van der Waals surface area contributed by atoms with Gasteiger partial charge in [0.15, 0.2) is 17.3 Å². The second kappa shape index (κ2) is 11.8. The topological polar surface area (TPSA) is 79.2 Å². The maximum atomic E-state index is 13.1. The second-order valence-electron chi connectivity index (χ2n) is 10.6. The standard InChI is InChI=1S/C32H30F3N7O/c1-40-15-17-41(18-16-40)31(43)25-11-9-24(10-12-25)28-38-29(36-19-22-5-3-2-4-6-22)27-30(39-28)42(21-37-27)20-23-7-13-26(14-8-23)32(33,34)35/h2-14,21H,15-20H2,1H3,(H,36,38,39). The minimum absolute atomic E-state index is 0.00384. The molecule has 11 heteroatoms. The molecule has 0 unspecified atom stereocenters. The smallest absolute Gasteiger partial charge is 0.364 e. The van der Waals surface area contributed by atoms with Gasteiger partial charge in [0, 0.05) is 43.9 Å². The molecular formula is C32H30F3N7O. The number of carbonyl (C=O) groups is 1. The van der Waals surface area contributed by atoms with Crippen molar-refractivity contribution in [2.24, 2.45) is 0 Å². The van der Waals surface area contributed by atoms with Crippen molar-refractivity contribution in [1.82, 2.24) is 29.3 Å². The predicted octanol–water partition coefficient (Wildman–Crippen LogP) is 5.56. The summed E-state index contributed by atoms with van der Waals surface area (Å²) in [7, 11) is 2.05. The molecule has 0 spiro atoms. The van der Waals surface area contributed by atoms with Gasteiger partial charge in [-0.15, -0.1) is 0 Å². The molecule has 1 amide bonds. The molecule has 6 rings (SSSR count). The van der Waals surface area contributed by atoms with Crippen LogP contribution >= 0.6 is 0 Å². The van der Waals surface area contributed by atoms with Crippen molar-refractivity contribution in [2.75, 3.05) is 38.5 Å². The molecule has 0 aliphatic carbocycles. The number of carbonyl (C=O) groups excluding carboxylic acids is 1. The highest BCUT2D eigenvalue weighted by atomic mass is 19.4. The number of imidazole rings is 1. The fourth-order valence-electron chi connectivity index (χ4n) is 5.04. The van der Waals surface area contributed by atoms with E-state index < -0.39 is 11.7 Å².